The van der Waals surface area contributed by atoms with Gasteiger partial charge in [-0.3, -0.25) is 14.3 Å². The van der Waals surface area contributed by atoms with Gasteiger partial charge in [0.05, 0.1) is 12.0 Å². The average Bonchev–Trinajstić information content (AvgIpc) is 3.39. The van der Waals surface area contributed by atoms with E-state index in [1.807, 2.05) is 19.1 Å². The van der Waals surface area contributed by atoms with Crippen LogP contribution >= 0.6 is 0 Å². The number of fused-ring (bicyclic) bond motifs is 2. The van der Waals surface area contributed by atoms with Crippen LogP contribution in [0.4, 0.5) is 5.69 Å². The van der Waals surface area contributed by atoms with Gasteiger partial charge in [-0.15, -0.1) is 0 Å². The predicted octanol–water partition coefficient (Wildman–Crippen LogP) is 3.86. The highest BCUT2D eigenvalue weighted by atomic mass is 16.5. The van der Waals surface area contributed by atoms with Crippen molar-refractivity contribution in [1.29, 1.82) is 0 Å². The maximum absolute atomic E-state index is 13.1. The molecule has 0 spiro atoms. The molecule has 1 atom stereocenters. The van der Waals surface area contributed by atoms with Gasteiger partial charge in [-0.25, -0.2) is 0 Å². The van der Waals surface area contributed by atoms with Crippen LogP contribution in [0.15, 0.2) is 59.2 Å². The van der Waals surface area contributed by atoms with Crippen LogP contribution in [0.3, 0.4) is 0 Å². The van der Waals surface area contributed by atoms with Gasteiger partial charge >= 0.3 is 0 Å². The molecular formula is C26H28N4O4. The zero-order valence-corrected chi connectivity index (χ0v) is 18.7. The lowest BCUT2D eigenvalue weighted by molar-refractivity contribution is -0.120. The maximum atomic E-state index is 13.1. The zero-order chi connectivity index (χ0) is 23.1. The van der Waals surface area contributed by atoms with Crippen LogP contribution in [-0.4, -0.2) is 41.3 Å². The van der Waals surface area contributed by atoms with Crippen molar-refractivity contribution in [3.63, 3.8) is 0 Å². The van der Waals surface area contributed by atoms with Crippen molar-refractivity contribution in [1.82, 2.24) is 15.1 Å². The SMILES string of the molecule is C.Cc1ccc(Cc2cc(C(=O)N[C@H]3COc4cc5occc5cc4N(C)C3=O)nn2C)cc1. The number of likely N-dealkylation sites (N-methyl/N-ethyl adjacent to an activating group) is 1. The molecule has 1 aliphatic heterocycles. The second kappa shape index (κ2) is 9.05. The van der Waals surface area contributed by atoms with Gasteiger partial charge in [0, 0.05) is 37.7 Å². The Balaban J connectivity index is 0.00000274. The normalized spacial score (nSPS) is 15.3. The Labute approximate surface area is 198 Å². The Hall–Kier alpha value is -4.07. The van der Waals surface area contributed by atoms with Gasteiger partial charge < -0.3 is 19.4 Å². The molecule has 0 saturated carbocycles. The summed E-state index contributed by atoms with van der Waals surface area (Å²) in [5.74, 6) is -0.153. The predicted molar refractivity (Wildman–Crippen MR) is 130 cm³/mol. The van der Waals surface area contributed by atoms with E-state index in [0.29, 0.717) is 23.4 Å². The van der Waals surface area contributed by atoms with Crippen molar-refractivity contribution in [3.8, 4) is 5.75 Å². The van der Waals surface area contributed by atoms with E-state index >= 15 is 0 Å². The number of hydrogen-bond acceptors (Lipinski definition) is 5. The van der Waals surface area contributed by atoms with Crippen molar-refractivity contribution in [2.75, 3.05) is 18.6 Å². The summed E-state index contributed by atoms with van der Waals surface area (Å²) >= 11 is 0. The molecule has 2 aromatic carbocycles. The first-order chi connectivity index (χ1) is 15.9. The molecular weight excluding hydrogens is 432 g/mol. The maximum Gasteiger partial charge on any atom is 0.272 e. The number of rotatable bonds is 4. The molecule has 2 aromatic heterocycles. The van der Waals surface area contributed by atoms with Gasteiger partial charge in [-0.05, 0) is 30.7 Å². The number of ether oxygens (including phenoxy) is 1. The van der Waals surface area contributed by atoms with Crippen LogP contribution in [0, 0.1) is 6.92 Å². The quantitative estimate of drug-likeness (QED) is 0.500. The lowest BCUT2D eigenvalue weighted by Crippen LogP contribution is -2.49. The number of nitrogens with one attached hydrogen (secondary N) is 1. The van der Waals surface area contributed by atoms with Crippen LogP contribution in [-0.2, 0) is 18.3 Å². The van der Waals surface area contributed by atoms with Crippen molar-refractivity contribution in [2.45, 2.75) is 26.8 Å². The lowest BCUT2D eigenvalue weighted by Gasteiger charge is -2.20. The number of amides is 2. The topological polar surface area (TPSA) is 89.6 Å². The Morgan fingerprint density at radius 1 is 1.15 bits per heavy atom. The summed E-state index contributed by atoms with van der Waals surface area (Å²) in [6, 6.07) is 14.6. The average molecular weight is 461 g/mol. The molecule has 0 bridgehead atoms. The molecule has 1 aliphatic rings. The fourth-order valence-corrected chi connectivity index (χ4v) is 3.99. The molecule has 5 rings (SSSR count). The second-order valence-electron chi connectivity index (χ2n) is 8.32. The van der Waals surface area contributed by atoms with Gasteiger partial charge in [0.25, 0.3) is 11.8 Å². The number of carbonyl (C=O) groups is 2. The summed E-state index contributed by atoms with van der Waals surface area (Å²) in [7, 11) is 3.47. The van der Waals surface area contributed by atoms with E-state index in [0.717, 1.165) is 16.6 Å². The third-order valence-corrected chi connectivity index (χ3v) is 5.95. The highest BCUT2D eigenvalue weighted by Gasteiger charge is 2.32. The first kappa shape index (κ1) is 23.1. The second-order valence-corrected chi connectivity index (χ2v) is 8.32. The van der Waals surface area contributed by atoms with Crippen molar-refractivity contribution < 1.29 is 18.7 Å². The number of carbonyl (C=O) groups excluding carboxylic acids is 2. The number of hydrogen-bond donors (Lipinski definition) is 1. The Morgan fingerprint density at radius 3 is 2.68 bits per heavy atom. The van der Waals surface area contributed by atoms with E-state index in [-0.39, 0.29) is 25.6 Å². The molecule has 0 saturated heterocycles. The minimum Gasteiger partial charge on any atom is -0.489 e. The van der Waals surface area contributed by atoms with Gasteiger partial charge in [0.2, 0.25) is 0 Å². The van der Waals surface area contributed by atoms with Crippen molar-refractivity contribution in [3.05, 3.63) is 77.3 Å². The van der Waals surface area contributed by atoms with E-state index < -0.39 is 11.9 Å². The number of furan rings is 1. The zero-order valence-electron chi connectivity index (χ0n) is 18.7. The Kier molecular flexibility index (Phi) is 6.15. The molecule has 4 aromatic rings. The van der Waals surface area contributed by atoms with Gasteiger partial charge in [0.15, 0.2) is 0 Å². The van der Waals surface area contributed by atoms with E-state index in [9.17, 15) is 9.59 Å². The molecule has 3 heterocycles. The first-order valence-corrected chi connectivity index (χ1v) is 10.7. The molecule has 34 heavy (non-hydrogen) atoms. The van der Waals surface area contributed by atoms with Crippen LogP contribution < -0.4 is 15.0 Å². The highest BCUT2D eigenvalue weighted by Crippen LogP contribution is 2.35. The smallest absolute Gasteiger partial charge is 0.272 e. The largest absolute Gasteiger partial charge is 0.489 e. The minimum absolute atomic E-state index is 0. The third kappa shape index (κ3) is 4.26. The summed E-state index contributed by atoms with van der Waals surface area (Å²) in [4.78, 5) is 27.5. The van der Waals surface area contributed by atoms with E-state index in [2.05, 4.69) is 34.7 Å². The number of aromatic nitrogens is 2. The van der Waals surface area contributed by atoms with Crippen LogP contribution in [0.2, 0.25) is 0 Å². The molecule has 176 valence electrons. The van der Waals surface area contributed by atoms with Gasteiger partial charge in [0.1, 0.15) is 29.7 Å². The standard InChI is InChI=1S/C25H24N4O4.CH4/c1-15-4-6-16(7-5-15)10-18-12-19(27-29(18)3)24(30)26-20-14-33-23-13-22-17(8-9-32-22)11-21(23)28(2)25(20)31;/h4-9,11-13,20H,10,14H2,1-3H3,(H,26,30);1H4/t20-;/m0./s1. The number of anilines is 1. The van der Waals surface area contributed by atoms with E-state index in [4.69, 9.17) is 9.15 Å². The molecule has 1 N–H and O–H groups in total. The van der Waals surface area contributed by atoms with E-state index in [1.165, 1.54) is 10.5 Å². The van der Waals surface area contributed by atoms with Gasteiger partial charge in [-0.2, -0.15) is 5.10 Å². The fourth-order valence-electron chi connectivity index (χ4n) is 3.99. The van der Waals surface area contributed by atoms with Crippen LogP contribution in [0.1, 0.15) is 34.7 Å². The number of aryl methyl sites for hydroxylation is 2. The third-order valence-electron chi connectivity index (χ3n) is 5.95. The number of nitrogens with zero attached hydrogens (tertiary/aromatic N) is 3. The summed E-state index contributed by atoms with van der Waals surface area (Å²) in [6.45, 7) is 2.06. The number of benzene rings is 2. The molecule has 0 radical (unpaired) electrons. The van der Waals surface area contributed by atoms with Crippen LogP contribution in [0.25, 0.3) is 11.0 Å². The molecule has 8 nitrogen and oxygen atoms in total. The van der Waals surface area contributed by atoms with Crippen molar-refractivity contribution >= 4 is 28.5 Å². The molecule has 0 unspecified atom stereocenters. The van der Waals surface area contributed by atoms with Gasteiger partial charge in [-0.1, -0.05) is 37.3 Å². The Bertz CT molecular complexity index is 1350. The van der Waals surface area contributed by atoms with E-state index in [1.54, 1.807) is 37.2 Å². The molecule has 0 fully saturated rings. The first-order valence-electron chi connectivity index (χ1n) is 10.7. The fraction of sp³-hybridized carbons (Fsp3) is 0.269. The Morgan fingerprint density at radius 2 is 1.91 bits per heavy atom. The molecule has 0 aliphatic carbocycles. The summed E-state index contributed by atoms with van der Waals surface area (Å²) in [5.41, 5.74) is 4.79. The minimum atomic E-state index is -0.844. The summed E-state index contributed by atoms with van der Waals surface area (Å²) < 4.78 is 13.0. The van der Waals surface area contributed by atoms with Crippen molar-refractivity contribution in [2.24, 2.45) is 7.05 Å². The summed E-state index contributed by atoms with van der Waals surface area (Å²) in [6.07, 6.45) is 2.25. The monoisotopic (exact) mass is 460 g/mol. The highest BCUT2D eigenvalue weighted by molar-refractivity contribution is 6.04. The van der Waals surface area contributed by atoms with Crippen LogP contribution in [0.5, 0.6) is 5.75 Å². The molecule has 8 heteroatoms. The summed E-state index contributed by atoms with van der Waals surface area (Å²) in [5, 5.41) is 8.01. The molecule has 2 amide bonds. The lowest BCUT2D eigenvalue weighted by atomic mass is 10.1.